The van der Waals surface area contributed by atoms with Crippen molar-refractivity contribution in [2.45, 2.75) is 4.90 Å². The summed E-state index contributed by atoms with van der Waals surface area (Å²) in [5, 5.41) is 1.23. The molecule has 13 heteroatoms. The minimum absolute atomic E-state index is 0.0320. The maximum atomic E-state index is 15.0. The number of nitrogens with one attached hydrogen (secondary N) is 1. The zero-order chi connectivity index (χ0) is 26.9. The summed E-state index contributed by atoms with van der Waals surface area (Å²) in [6, 6.07) is 11.7. The first-order valence-electron chi connectivity index (χ1n) is 10.7. The highest BCUT2D eigenvalue weighted by atomic mass is 35.5. The van der Waals surface area contributed by atoms with Crippen LogP contribution >= 0.6 is 22.9 Å². The lowest BCUT2D eigenvalue weighted by atomic mass is 10.0. The Kier molecular flexibility index (Phi) is 7.02. The van der Waals surface area contributed by atoms with Crippen LogP contribution in [0.4, 0.5) is 19.0 Å². The summed E-state index contributed by atoms with van der Waals surface area (Å²) in [4.78, 5) is 11.0. The first kappa shape index (κ1) is 25.6. The average molecular weight is 575 g/mol. The predicted molar refractivity (Wildman–Crippen MR) is 137 cm³/mol. The summed E-state index contributed by atoms with van der Waals surface area (Å²) in [6.07, 6.45) is 2.54. The lowest BCUT2D eigenvalue weighted by Gasteiger charge is -2.15. The number of nitrogens with zero attached hydrogens (tertiary/aromatic N) is 3. The van der Waals surface area contributed by atoms with Gasteiger partial charge in [0.15, 0.2) is 11.6 Å². The zero-order valence-electron chi connectivity index (χ0n) is 18.9. The number of ether oxygens (including phenoxy) is 1. The van der Waals surface area contributed by atoms with Crippen LogP contribution in [0.2, 0.25) is 5.02 Å². The molecule has 0 aliphatic carbocycles. The van der Waals surface area contributed by atoms with Gasteiger partial charge in [-0.05, 0) is 35.9 Å². The van der Waals surface area contributed by atoms with E-state index in [0.29, 0.717) is 22.4 Å². The van der Waals surface area contributed by atoms with Crippen LogP contribution in [0.1, 0.15) is 0 Å². The van der Waals surface area contributed by atoms with E-state index >= 15 is 0 Å². The van der Waals surface area contributed by atoms with Crippen LogP contribution in [0.25, 0.3) is 22.4 Å². The number of hydrogen-bond acceptors (Lipinski definition) is 7. The number of pyridine rings is 2. The third-order valence-corrected chi connectivity index (χ3v) is 7.44. The molecular formula is C25H14ClF3N4O3S2. The van der Waals surface area contributed by atoms with Crippen molar-refractivity contribution in [2.24, 2.45) is 0 Å². The van der Waals surface area contributed by atoms with Crippen LogP contribution in [-0.2, 0) is 10.0 Å². The Hall–Kier alpha value is -4.00. The van der Waals surface area contributed by atoms with E-state index in [2.05, 4.69) is 19.7 Å². The van der Waals surface area contributed by atoms with Crippen molar-refractivity contribution in [1.29, 1.82) is 0 Å². The van der Waals surface area contributed by atoms with Crippen molar-refractivity contribution in [1.82, 2.24) is 15.0 Å². The number of anilines is 1. The summed E-state index contributed by atoms with van der Waals surface area (Å²) < 4.78 is 76.0. The molecule has 0 bridgehead atoms. The Bertz CT molecular complexity index is 1750. The van der Waals surface area contributed by atoms with Gasteiger partial charge in [-0.1, -0.05) is 23.7 Å². The van der Waals surface area contributed by atoms with Crippen molar-refractivity contribution in [3.8, 4) is 33.9 Å². The highest BCUT2D eigenvalue weighted by Crippen LogP contribution is 2.39. The molecule has 2 aromatic carbocycles. The molecule has 0 spiro atoms. The van der Waals surface area contributed by atoms with Crippen molar-refractivity contribution >= 4 is 38.8 Å². The second kappa shape index (κ2) is 10.4. The summed E-state index contributed by atoms with van der Waals surface area (Å²) in [7, 11) is -4.33. The molecule has 0 atom stereocenters. The van der Waals surface area contributed by atoms with Gasteiger partial charge in [0.2, 0.25) is 5.95 Å². The van der Waals surface area contributed by atoms with E-state index in [4.69, 9.17) is 16.3 Å². The molecule has 0 saturated carbocycles. The Balaban J connectivity index is 1.55. The Morgan fingerprint density at radius 1 is 0.921 bits per heavy atom. The van der Waals surface area contributed by atoms with E-state index in [1.54, 1.807) is 12.1 Å². The summed E-state index contributed by atoms with van der Waals surface area (Å²) in [6.45, 7) is 0. The van der Waals surface area contributed by atoms with Gasteiger partial charge in [0.1, 0.15) is 22.3 Å². The van der Waals surface area contributed by atoms with Crippen LogP contribution < -0.4 is 9.46 Å². The predicted octanol–water partition coefficient (Wildman–Crippen LogP) is 6.93. The fourth-order valence-electron chi connectivity index (χ4n) is 3.49. The molecule has 38 heavy (non-hydrogen) atoms. The monoisotopic (exact) mass is 574 g/mol. The number of sulfonamides is 1. The van der Waals surface area contributed by atoms with E-state index in [1.165, 1.54) is 47.5 Å². The number of benzene rings is 2. The maximum Gasteiger partial charge on any atom is 0.266 e. The van der Waals surface area contributed by atoms with Gasteiger partial charge in [-0.25, -0.2) is 27.2 Å². The zero-order valence-corrected chi connectivity index (χ0v) is 21.3. The van der Waals surface area contributed by atoms with Gasteiger partial charge in [0, 0.05) is 34.8 Å². The molecule has 0 amide bonds. The van der Waals surface area contributed by atoms with Gasteiger partial charge in [0.05, 0.1) is 22.4 Å². The van der Waals surface area contributed by atoms with Gasteiger partial charge in [-0.15, -0.1) is 11.3 Å². The van der Waals surface area contributed by atoms with Gasteiger partial charge < -0.3 is 4.74 Å². The van der Waals surface area contributed by atoms with Crippen molar-refractivity contribution < 1.29 is 26.3 Å². The minimum atomic E-state index is -4.33. The standard InChI is InChI=1S/C25H14ClF3N4O3S2/c26-18-9-23(38(34,35)33-25-12-37-13-32-25)19(28)10-21(18)36-22-11-31-20(15-2-1-3-16(27)6-15)8-17(22)14-4-5-30-24(29)7-14/h1-13,33H. The number of rotatable bonds is 7. The van der Waals surface area contributed by atoms with E-state index in [-0.39, 0.29) is 22.3 Å². The molecule has 0 aliphatic rings. The molecule has 0 saturated heterocycles. The molecule has 192 valence electrons. The number of hydrogen-bond donors (Lipinski definition) is 1. The Morgan fingerprint density at radius 3 is 2.50 bits per heavy atom. The smallest absolute Gasteiger partial charge is 0.266 e. The maximum absolute atomic E-state index is 15.0. The SMILES string of the molecule is O=S(=O)(Nc1cscn1)c1cc(Cl)c(Oc2cnc(-c3cccc(F)c3)cc2-c2ccnc(F)c2)cc1F. The Morgan fingerprint density at radius 2 is 1.76 bits per heavy atom. The molecule has 3 heterocycles. The van der Waals surface area contributed by atoms with Gasteiger partial charge in [-0.2, -0.15) is 4.39 Å². The van der Waals surface area contributed by atoms with Crippen LogP contribution in [-0.4, -0.2) is 23.4 Å². The van der Waals surface area contributed by atoms with Crippen molar-refractivity contribution in [3.05, 3.63) is 100 Å². The molecule has 5 aromatic rings. The lowest BCUT2D eigenvalue weighted by Crippen LogP contribution is -2.15. The lowest BCUT2D eigenvalue weighted by molar-refractivity contribution is 0.473. The summed E-state index contributed by atoms with van der Waals surface area (Å²) in [5.41, 5.74) is 2.89. The minimum Gasteiger partial charge on any atom is -0.453 e. The third kappa shape index (κ3) is 5.47. The molecule has 3 aromatic heterocycles. The van der Waals surface area contributed by atoms with Gasteiger partial charge in [-0.3, -0.25) is 9.71 Å². The third-order valence-electron chi connectivity index (χ3n) is 5.19. The fraction of sp³-hybridized carbons (Fsp3) is 0. The summed E-state index contributed by atoms with van der Waals surface area (Å²) in [5.74, 6) is -2.50. The van der Waals surface area contributed by atoms with Crippen LogP contribution in [0.15, 0.2) is 82.8 Å². The van der Waals surface area contributed by atoms with Gasteiger partial charge in [0.25, 0.3) is 10.0 Å². The largest absolute Gasteiger partial charge is 0.453 e. The average Bonchev–Trinajstić information content (AvgIpc) is 3.38. The van der Waals surface area contributed by atoms with E-state index in [0.717, 1.165) is 29.5 Å². The van der Waals surface area contributed by atoms with Gasteiger partial charge >= 0.3 is 0 Å². The number of halogens is 4. The van der Waals surface area contributed by atoms with Crippen molar-refractivity contribution in [3.63, 3.8) is 0 Å². The molecule has 0 unspecified atom stereocenters. The fourth-order valence-corrected chi connectivity index (χ4v) is 5.41. The van der Waals surface area contributed by atoms with E-state index < -0.39 is 32.5 Å². The molecule has 0 radical (unpaired) electrons. The second-order valence-corrected chi connectivity index (χ2v) is 10.5. The molecule has 0 fully saturated rings. The van der Waals surface area contributed by atoms with E-state index in [9.17, 15) is 21.6 Å². The Labute approximate surface area is 223 Å². The normalized spacial score (nSPS) is 11.4. The molecule has 1 N–H and O–H groups in total. The number of thiazole rings is 1. The van der Waals surface area contributed by atoms with Crippen molar-refractivity contribution in [2.75, 3.05) is 4.72 Å². The van der Waals surface area contributed by atoms with E-state index in [1.807, 2.05) is 0 Å². The van der Waals surface area contributed by atoms with Crippen LogP contribution in [0.5, 0.6) is 11.5 Å². The quantitative estimate of drug-likeness (QED) is 0.212. The molecule has 7 nitrogen and oxygen atoms in total. The molecule has 5 rings (SSSR count). The van der Waals surface area contributed by atoms with Crippen LogP contribution in [0, 0.1) is 17.6 Å². The number of aromatic nitrogens is 3. The molecule has 0 aliphatic heterocycles. The second-order valence-electron chi connectivity index (χ2n) is 7.74. The highest BCUT2D eigenvalue weighted by Gasteiger charge is 2.24. The summed E-state index contributed by atoms with van der Waals surface area (Å²) >= 11 is 7.44. The molecular weight excluding hydrogens is 561 g/mol. The van der Waals surface area contributed by atoms with Crippen LogP contribution in [0.3, 0.4) is 0 Å². The first-order chi connectivity index (χ1) is 18.2. The topological polar surface area (TPSA) is 94.1 Å². The first-order valence-corrected chi connectivity index (χ1v) is 13.5. The highest BCUT2D eigenvalue weighted by molar-refractivity contribution is 7.92.